The van der Waals surface area contributed by atoms with Crippen LogP contribution in [0.4, 0.5) is 0 Å². The van der Waals surface area contributed by atoms with E-state index in [0.29, 0.717) is 13.0 Å². The number of aromatic amines is 1. The third-order valence-corrected chi connectivity index (χ3v) is 1.43. The van der Waals surface area contributed by atoms with E-state index in [1.807, 2.05) is 5.10 Å². The van der Waals surface area contributed by atoms with E-state index in [9.17, 15) is 9.59 Å². The Morgan fingerprint density at radius 1 is 1.71 bits per heavy atom. The van der Waals surface area contributed by atoms with Crippen molar-refractivity contribution in [3.8, 4) is 0 Å². The highest BCUT2D eigenvalue weighted by Crippen LogP contribution is 1.79. The molecule has 0 aliphatic carbocycles. The molecule has 7 nitrogen and oxygen atoms in total. The monoisotopic (exact) mass is 197 g/mol. The molecule has 75 valence electrons. The summed E-state index contributed by atoms with van der Waals surface area (Å²) in [7, 11) is 1.42. The molecule has 1 N–H and O–H groups in total. The van der Waals surface area contributed by atoms with Gasteiger partial charge in [0.05, 0.1) is 0 Å². The van der Waals surface area contributed by atoms with E-state index in [0.717, 1.165) is 4.57 Å². The molecule has 0 atom stereocenters. The number of rotatable bonds is 4. The Morgan fingerprint density at radius 2 is 2.50 bits per heavy atom. The van der Waals surface area contributed by atoms with E-state index >= 15 is 0 Å². The Kier molecular flexibility index (Phi) is 3.59. The molecular formula is C7H9N4O3. The number of oxime groups is 1. The van der Waals surface area contributed by atoms with Crippen molar-refractivity contribution < 1.29 is 4.84 Å². The minimum atomic E-state index is -0.757. The maximum atomic E-state index is 11.1. The Morgan fingerprint density at radius 3 is 3.21 bits per heavy atom. The van der Waals surface area contributed by atoms with Crippen LogP contribution in [0.25, 0.3) is 0 Å². The van der Waals surface area contributed by atoms with Gasteiger partial charge in [0, 0.05) is 19.2 Å². The number of hydrogen-bond acceptors (Lipinski definition) is 5. The van der Waals surface area contributed by atoms with Gasteiger partial charge in [-0.1, -0.05) is 5.16 Å². The molecule has 0 saturated heterocycles. The molecule has 0 amide bonds. The molecule has 1 aromatic heterocycles. The quantitative estimate of drug-likeness (QED) is 0.371. The zero-order valence-corrected chi connectivity index (χ0v) is 7.56. The van der Waals surface area contributed by atoms with Crippen LogP contribution in [-0.2, 0) is 11.4 Å². The second-order valence-electron chi connectivity index (χ2n) is 2.37. The lowest BCUT2D eigenvalue weighted by atomic mass is 10.4. The van der Waals surface area contributed by atoms with Gasteiger partial charge in [0.2, 0.25) is 6.33 Å². The Labute approximate surface area is 79.0 Å². The molecule has 0 bridgehead atoms. The molecule has 1 aromatic rings. The molecule has 1 heterocycles. The minimum Gasteiger partial charge on any atom is -0.399 e. The summed E-state index contributed by atoms with van der Waals surface area (Å²) in [5.41, 5.74) is -1.43. The lowest BCUT2D eigenvalue weighted by molar-refractivity contribution is 0.214. The van der Waals surface area contributed by atoms with Gasteiger partial charge in [0.1, 0.15) is 7.11 Å². The molecular weight excluding hydrogens is 188 g/mol. The van der Waals surface area contributed by atoms with Crippen molar-refractivity contribution in [2.45, 2.75) is 13.0 Å². The van der Waals surface area contributed by atoms with Gasteiger partial charge in [-0.25, -0.2) is 5.10 Å². The largest absolute Gasteiger partial charge is 0.399 e. The molecule has 0 fully saturated rings. The summed E-state index contributed by atoms with van der Waals surface area (Å²) in [5, 5.41) is 8.84. The number of H-pyrrole nitrogens is 1. The van der Waals surface area contributed by atoms with Gasteiger partial charge in [-0.3, -0.25) is 14.2 Å². The average molecular weight is 197 g/mol. The molecule has 1 rings (SSSR count). The van der Waals surface area contributed by atoms with Crippen LogP contribution in [0.1, 0.15) is 6.42 Å². The van der Waals surface area contributed by atoms with Gasteiger partial charge in [-0.15, -0.1) is 0 Å². The molecule has 0 aliphatic heterocycles. The smallest absolute Gasteiger partial charge is 0.330 e. The summed E-state index contributed by atoms with van der Waals surface area (Å²) >= 11 is 0. The topological polar surface area (TPSA) is 89.3 Å². The summed E-state index contributed by atoms with van der Waals surface area (Å²) in [6.07, 6.45) is 4.31. The molecule has 0 aliphatic rings. The molecule has 7 heteroatoms. The highest BCUT2D eigenvalue weighted by molar-refractivity contribution is 5.55. The fourth-order valence-corrected chi connectivity index (χ4v) is 0.818. The normalized spacial score (nSPS) is 10.6. The summed E-state index contributed by atoms with van der Waals surface area (Å²) in [4.78, 5) is 26.3. The Balaban J connectivity index is 2.69. The van der Waals surface area contributed by atoms with Crippen LogP contribution in [0.2, 0.25) is 0 Å². The van der Waals surface area contributed by atoms with Crippen molar-refractivity contribution in [2.24, 2.45) is 5.16 Å². The van der Waals surface area contributed by atoms with Crippen LogP contribution >= 0.6 is 0 Å². The minimum absolute atomic E-state index is 0.294. The third kappa shape index (κ3) is 2.54. The van der Waals surface area contributed by atoms with Crippen molar-refractivity contribution in [3.63, 3.8) is 0 Å². The maximum Gasteiger partial charge on any atom is 0.330 e. The summed E-state index contributed by atoms with van der Waals surface area (Å²) in [6.45, 7) is 0.294. The standard InChI is InChI=1S/C7H9N4O3/c1-14-9-3-2-4-11-5-8-10-6(12)7(11)13/h3H,2,4H2,1H3,(H,10,12). The van der Waals surface area contributed by atoms with Crippen molar-refractivity contribution in [3.05, 3.63) is 27.0 Å². The van der Waals surface area contributed by atoms with Gasteiger partial charge in [0.25, 0.3) is 0 Å². The van der Waals surface area contributed by atoms with Crippen LogP contribution in [0.5, 0.6) is 0 Å². The predicted molar refractivity (Wildman–Crippen MR) is 48.1 cm³/mol. The zero-order valence-electron chi connectivity index (χ0n) is 7.56. The molecule has 0 spiro atoms. The summed E-state index contributed by atoms with van der Waals surface area (Å²) < 4.78 is 1.08. The Hall–Kier alpha value is -1.92. The van der Waals surface area contributed by atoms with Crippen LogP contribution in [-0.4, -0.2) is 28.1 Å². The van der Waals surface area contributed by atoms with Crippen molar-refractivity contribution in [2.75, 3.05) is 7.11 Å². The Bertz CT molecular complexity index is 419. The van der Waals surface area contributed by atoms with E-state index in [4.69, 9.17) is 0 Å². The van der Waals surface area contributed by atoms with E-state index < -0.39 is 11.1 Å². The molecule has 1 radical (unpaired) electrons. The highest BCUT2D eigenvalue weighted by atomic mass is 16.6. The fourth-order valence-electron chi connectivity index (χ4n) is 0.818. The average Bonchev–Trinajstić information content (AvgIpc) is 2.19. The number of nitrogens with zero attached hydrogens (tertiary/aromatic N) is 3. The fraction of sp³-hybridized carbons (Fsp3) is 0.429. The third-order valence-electron chi connectivity index (χ3n) is 1.43. The maximum absolute atomic E-state index is 11.1. The van der Waals surface area contributed by atoms with Gasteiger partial charge in [-0.05, 0) is 0 Å². The van der Waals surface area contributed by atoms with Crippen LogP contribution in [0.15, 0.2) is 14.7 Å². The number of hydrogen-bond donors (Lipinski definition) is 1. The molecule has 0 unspecified atom stereocenters. The van der Waals surface area contributed by atoms with Gasteiger partial charge in [0.15, 0.2) is 0 Å². The van der Waals surface area contributed by atoms with Gasteiger partial charge < -0.3 is 4.84 Å². The van der Waals surface area contributed by atoms with Crippen LogP contribution in [0, 0.1) is 6.33 Å². The van der Waals surface area contributed by atoms with Crippen molar-refractivity contribution in [1.29, 1.82) is 0 Å². The zero-order chi connectivity index (χ0) is 10.4. The molecule has 0 saturated carbocycles. The SMILES string of the molecule is CON=CCCn1[c]n[nH]c(=O)c1=O. The van der Waals surface area contributed by atoms with E-state index in [1.54, 1.807) is 0 Å². The number of aromatic nitrogens is 3. The molecule has 0 aromatic carbocycles. The summed E-state index contributed by atoms with van der Waals surface area (Å²) in [6, 6.07) is 0. The molecule has 14 heavy (non-hydrogen) atoms. The van der Waals surface area contributed by atoms with Crippen LogP contribution in [0.3, 0.4) is 0 Å². The first-order chi connectivity index (χ1) is 6.75. The summed E-state index contributed by atoms with van der Waals surface area (Å²) in [5.74, 6) is 0. The second kappa shape index (κ2) is 4.95. The van der Waals surface area contributed by atoms with Gasteiger partial charge >= 0.3 is 11.1 Å². The lowest BCUT2D eigenvalue weighted by Gasteiger charge is -1.97. The first kappa shape index (κ1) is 10.2. The van der Waals surface area contributed by atoms with E-state index in [1.165, 1.54) is 13.3 Å². The lowest BCUT2D eigenvalue weighted by Crippen LogP contribution is -2.37. The first-order valence-corrected chi connectivity index (χ1v) is 3.88. The van der Waals surface area contributed by atoms with Crippen LogP contribution < -0.4 is 11.1 Å². The second-order valence-corrected chi connectivity index (χ2v) is 2.37. The van der Waals surface area contributed by atoms with Crippen molar-refractivity contribution in [1.82, 2.24) is 14.8 Å². The van der Waals surface area contributed by atoms with E-state index in [-0.39, 0.29) is 0 Å². The van der Waals surface area contributed by atoms with Crippen molar-refractivity contribution >= 4 is 6.21 Å². The number of aryl methyl sites for hydroxylation is 1. The number of nitrogens with one attached hydrogen (secondary N) is 1. The highest BCUT2D eigenvalue weighted by Gasteiger charge is 1.98. The predicted octanol–water partition coefficient (Wildman–Crippen LogP) is -1.25. The first-order valence-electron chi connectivity index (χ1n) is 3.88. The van der Waals surface area contributed by atoms with Gasteiger partial charge in [-0.2, -0.15) is 5.10 Å². The van der Waals surface area contributed by atoms with E-state index in [2.05, 4.69) is 21.4 Å².